The third-order valence-corrected chi connectivity index (χ3v) is 3.33. The summed E-state index contributed by atoms with van der Waals surface area (Å²) in [5.74, 6) is 1.39. The Bertz CT molecular complexity index is 489. The maximum absolute atomic E-state index is 6.00. The van der Waals surface area contributed by atoms with Gasteiger partial charge >= 0.3 is 0 Å². The van der Waals surface area contributed by atoms with E-state index in [9.17, 15) is 0 Å². The molecule has 0 fully saturated rings. The van der Waals surface area contributed by atoms with E-state index in [4.69, 9.17) is 16.0 Å². The molecule has 2 rings (SSSR count). The van der Waals surface area contributed by atoms with Crippen LogP contribution in [0.2, 0.25) is 5.02 Å². The molecule has 0 amide bonds. The lowest BCUT2D eigenvalue weighted by molar-refractivity contribution is 0.411. The van der Waals surface area contributed by atoms with Crippen molar-refractivity contribution in [2.45, 2.75) is 30.7 Å². The number of hydrogen-bond donors (Lipinski definition) is 0. The first kappa shape index (κ1) is 12.4. The van der Waals surface area contributed by atoms with Gasteiger partial charge in [-0.1, -0.05) is 30.3 Å². The Morgan fingerprint density at radius 1 is 1.41 bits per heavy atom. The molecule has 0 spiro atoms. The molecule has 0 aliphatic rings. The van der Waals surface area contributed by atoms with Crippen LogP contribution < -0.4 is 0 Å². The third kappa shape index (κ3) is 3.44. The van der Waals surface area contributed by atoms with Crippen LogP contribution in [-0.4, -0.2) is 15.2 Å². The van der Waals surface area contributed by atoms with E-state index >= 15 is 0 Å². The van der Waals surface area contributed by atoms with Gasteiger partial charge in [-0.25, -0.2) is 0 Å². The highest BCUT2D eigenvalue weighted by atomic mass is 35.5. The normalized spacial score (nSPS) is 10.7. The lowest BCUT2D eigenvalue weighted by Crippen LogP contribution is -1.83. The number of thioether (sulfide) groups is 1. The number of aryl methyl sites for hydroxylation is 1. The number of aromatic nitrogens is 3. The molecule has 0 N–H and O–H groups in total. The third-order valence-electron chi connectivity index (χ3n) is 2.12. The SMILES string of the molecule is CCCc1nnc(SCc2ccncc2Cl)o1. The second-order valence-electron chi connectivity index (χ2n) is 3.47. The van der Waals surface area contributed by atoms with Crippen molar-refractivity contribution in [2.24, 2.45) is 0 Å². The fourth-order valence-corrected chi connectivity index (χ4v) is 2.32. The summed E-state index contributed by atoms with van der Waals surface area (Å²) in [7, 11) is 0. The maximum Gasteiger partial charge on any atom is 0.276 e. The van der Waals surface area contributed by atoms with E-state index in [1.54, 1.807) is 12.4 Å². The van der Waals surface area contributed by atoms with E-state index in [1.807, 2.05) is 6.07 Å². The lowest BCUT2D eigenvalue weighted by Gasteiger charge is -1.99. The molecule has 0 saturated carbocycles. The second kappa shape index (κ2) is 6.02. The minimum atomic E-state index is 0.585. The monoisotopic (exact) mass is 269 g/mol. The zero-order valence-electron chi connectivity index (χ0n) is 9.39. The van der Waals surface area contributed by atoms with Gasteiger partial charge in [0, 0.05) is 24.6 Å². The van der Waals surface area contributed by atoms with Gasteiger partial charge in [-0.05, 0) is 18.1 Å². The number of pyridine rings is 1. The van der Waals surface area contributed by atoms with E-state index < -0.39 is 0 Å². The van der Waals surface area contributed by atoms with Crippen LogP contribution in [0.15, 0.2) is 28.1 Å². The van der Waals surface area contributed by atoms with Crippen LogP contribution in [-0.2, 0) is 12.2 Å². The lowest BCUT2D eigenvalue weighted by atomic mass is 10.3. The first-order chi connectivity index (χ1) is 8.29. The summed E-state index contributed by atoms with van der Waals surface area (Å²) >= 11 is 7.48. The van der Waals surface area contributed by atoms with Gasteiger partial charge in [-0.2, -0.15) is 0 Å². The van der Waals surface area contributed by atoms with Crippen molar-refractivity contribution < 1.29 is 4.42 Å². The van der Waals surface area contributed by atoms with Crippen LogP contribution in [0, 0.1) is 0 Å². The molecule has 90 valence electrons. The molecule has 0 atom stereocenters. The van der Waals surface area contributed by atoms with E-state index in [2.05, 4.69) is 22.1 Å². The number of halogens is 1. The zero-order chi connectivity index (χ0) is 12.1. The van der Waals surface area contributed by atoms with Gasteiger partial charge in [0.25, 0.3) is 5.22 Å². The summed E-state index contributed by atoms with van der Waals surface area (Å²) < 4.78 is 5.47. The fraction of sp³-hybridized carbons (Fsp3) is 0.364. The minimum absolute atomic E-state index is 0.585. The quantitative estimate of drug-likeness (QED) is 0.779. The van der Waals surface area contributed by atoms with E-state index in [1.165, 1.54) is 11.8 Å². The topological polar surface area (TPSA) is 51.8 Å². The molecule has 0 bridgehead atoms. The van der Waals surface area contributed by atoms with Crippen LogP contribution in [0.3, 0.4) is 0 Å². The van der Waals surface area contributed by atoms with E-state index in [0.29, 0.717) is 21.9 Å². The smallest absolute Gasteiger partial charge is 0.276 e. The summed E-state index contributed by atoms with van der Waals surface area (Å²) in [5, 5.41) is 9.17. The molecule has 0 aliphatic carbocycles. The van der Waals surface area contributed by atoms with Gasteiger partial charge in [0.2, 0.25) is 5.89 Å². The molecular weight excluding hydrogens is 258 g/mol. The van der Waals surface area contributed by atoms with Crippen molar-refractivity contribution in [1.82, 2.24) is 15.2 Å². The molecule has 0 aliphatic heterocycles. The summed E-state index contributed by atoms with van der Waals surface area (Å²) in [6, 6.07) is 1.89. The summed E-state index contributed by atoms with van der Waals surface area (Å²) in [5.41, 5.74) is 1.02. The van der Waals surface area contributed by atoms with Gasteiger partial charge in [0.1, 0.15) is 0 Å². The van der Waals surface area contributed by atoms with Gasteiger partial charge in [-0.3, -0.25) is 4.98 Å². The number of nitrogens with zero attached hydrogens (tertiary/aromatic N) is 3. The first-order valence-corrected chi connectivity index (χ1v) is 6.69. The second-order valence-corrected chi connectivity index (χ2v) is 4.80. The minimum Gasteiger partial charge on any atom is -0.416 e. The average molecular weight is 270 g/mol. The van der Waals surface area contributed by atoms with Crippen molar-refractivity contribution in [3.8, 4) is 0 Å². The van der Waals surface area contributed by atoms with Gasteiger partial charge in [0.05, 0.1) is 5.02 Å². The standard InChI is InChI=1S/C11H12ClN3OS/c1-2-3-10-14-15-11(16-10)17-7-8-4-5-13-6-9(8)12/h4-6H,2-3,7H2,1H3. The van der Waals surface area contributed by atoms with Crippen LogP contribution in [0.1, 0.15) is 24.8 Å². The first-order valence-electron chi connectivity index (χ1n) is 5.33. The maximum atomic E-state index is 6.00. The Balaban J connectivity index is 1.95. The van der Waals surface area contributed by atoms with Crippen LogP contribution >= 0.6 is 23.4 Å². The van der Waals surface area contributed by atoms with E-state index in [-0.39, 0.29) is 0 Å². The highest BCUT2D eigenvalue weighted by Gasteiger charge is 2.07. The van der Waals surface area contributed by atoms with Gasteiger partial charge < -0.3 is 4.42 Å². The Labute approximate surface area is 109 Å². The molecule has 0 radical (unpaired) electrons. The van der Waals surface area contributed by atoms with Crippen LogP contribution in [0.25, 0.3) is 0 Å². The van der Waals surface area contributed by atoms with Crippen molar-refractivity contribution in [2.75, 3.05) is 0 Å². The Kier molecular flexibility index (Phi) is 4.39. The highest BCUT2D eigenvalue weighted by Crippen LogP contribution is 2.25. The van der Waals surface area contributed by atoms with Crippen molar-refractivity contribution >= 4 is 23.4 Å². The molecule has 0 unspecified atom stereocenters. The molecule has 2 heterocycles. The molecule has 4 nitrogen and oxygen atoms in total. The molecule has 6 heteroatoms. The molecule has 2 aromatic rings. The molecule has 0 aromatic carbocycles. The molecule has 17 heavy (non-hydrogen) atoms. The van der Waals surface area contributed by atoms with Gasteiger partial charge in [0.15, 0.2) is 0 Å². The molecule has 2 aromatic heterocycles. The predicted octanol–water partition coefficient (Wildman–Crippen LogP) is 3.36. The van der Waals surface area contributed by atoms with Crippen LogP contribution in [0.5, 0.6) is 0 Å². The largest absolute Gasteiger partial charge is 0.416 e. The predicted molar refractivity (Wildman–Crippen MR) is 67.1 cm³/mol. The summed E-state index contributed by atoms with van der Waals surface area (Å²) in [6.07, 6.45) is 5.18. The fourth-order valence-electron chi connectivity index (χ4n) is 1.27. The number of hydrogen-bond acceptors (Lipinski definition) is 5. The van der Waals surface area contributed by atoms with Gasteiger partial charge in [-0.15, -0.1) is 10.2 Å². The Hall–Kier alpha value is -1.07. The highest BCUT2D eigenvalue weighted by molar-refractivity contribution is 7.98. The van der Waals surface area contributed by atoms with E-state index in [0.717, 1.165) is 18.4 Å². The van der Waals surface area contributed by atoms with Crippen LogP contribution in [0.4, 0.5) is 0 Å². The number of rotatable bonds is 5. The summed E-state index contributed by atoms with van der Waals surface area (Å²) in [6.45, 7) is 2.08. The van der Waals surface area contributed by atoms with Crippen molar-refractivity contribution in [3.05, 3.63) is 34.9 Å². The zero-order valence-corrected chi connectivity index (χ0v) is 11.0. The Morgan fingerprint density at radius 3 is 3.06 bits per heavy atom. The molecular formula is C11H12ClN3OS. The van der Waals surface area contributed by atoms with Crippen molar-refractivity contribution in [3.63, 3.8) is 0 Å². The molecule has 0 saturated heterocycles. The summed E-state index contributed by atoms with van der Waals surface area (Å²) in [4.78, 5) is 3.94. The average Bonchev–Trinajstić information content (AvgIpc) is 2.76. The van der Waals surface area contributed by atoms with Crippen molar-refractivity contribution in [1.29, 1.82) is 0 Å². The Morgan fingerprint density at radius 2 is 2.29 bits per heavy atom.